The molecule has 0 bridgehead atoms. The number of para-hydroxylation sites is 1. The molecule has 1 fully saturated rings. The van der Waals surface area contributed by atoms with Crippen molar-refractivity contribution in [2.24, 2.45) is 0 Å². The highest BCUT2D eigenvalue weighted by atomic mass is 32.2. The van der Waals surface area contributed by atoms with Gasteiger partial charge in [0.2, 0.25) is 15.9 Å². The topological polar surface area (TPSA) is 122 Å². The maximum atomic E-state index is 12.1. The molecule has 0 spiro atoms. The van der Waals surface area contributed by atoms with Crippen LogP contribution in [0.5, 0.6) is 0 Å². The summed E-state index contributed by atoms with van der Waals surface area (Å²) in [5.74, 6) is -1.66. The molecule has 9 nitrogen and oxygen atoms in total. The molecule has 142 valence electrons. The van der Waals surface area contributed by atoms with Crippen molar-refractivity contribution < 1.29 is 27.5 Å². The predicted octanol–water partition coefficient (Wildman–Crippen LogP) is -0.0481. The van der Waals surface area contributed by atoms with E-state index in [0.29, 0.717) is 0 Å². The van der Waals surface area contributed by atoms with Gasteiger partial charge in [-0.1, -0.05) is 12.1 Å². The summed E-state index contributed by atoms with van der Waals surface area (Å²) in [6, 6.07) is 6.09. The van der Waals surface area contributed by atoms with Gasteiger partial charge in [-0.25, -0.2) is 13.2 Å². The van der Waals surface area contributed by atoms with Crippen molar-refractivity contribution in [1.82, 2.24) is 10.2 Å². The van der Waals surface area contributed by atoms with Crippen LogP contribution in [0.3, 0.4) is 0 Å². The van der Waals surface area contributed by atoms with Crippen LogP contribution in [-0.4, -0.2) is 63.6 Å². The van der Waals surface area contributed by atoms with Crippen LogP contribution in [0.4, 0.5) is 5.69 Å². The van der Waals surface area contributed by atoms with Gasteiger partial charge in [-0.05, 0) is 25.0 Å². The van der Waals surface area contributed by atoms with E-state index in [2.05, 4.69) is 10.0 Å². The van der Waals surface area contributed by atoms with E-state index < -0.39 is 28.5 Å². The summed E-state index contributed by atoms with van der Waals surface area (Å²) in [4.78, 5) is 37.0. The molecule has 26 heavy (non-hydrogen) atoms. The Balaban J connectivity index is 1.89. The molecule has 0 saturated heterocycles. The Labute approximate surface area is 151 Å². The van der Waals surface area contributed by atoms with Gasteiger partial charge in [-0.2, -0.15) is 0 Å². The molecule has 0 radical (unpaired) electrons. The summed E-state index contributed by atoms with van der Waals surface area (Å²) in [6.07, 6.45) is 2.85. The van der Waals surface area contributed by atoms with Crippen LogP contribution in [0.15, 0.2) is 24.3 Å². The Hall–Kier alpha value is -2.62. The van der Waals surface area contributed by atoms with Gasteiger partial charge in [0.15, 0.2) is 6.61 Å². The number of sulfonamides is 1. The number of hydrogen-bond donors (Lipinski definition) is 2. The molecule has 1 aliphatic carbocycles. The third kappa shape index (κ3) is 6.36. The second-order valence-corrected chi connectivity index (χ2v) is 7.84. The average molecular weight is 383 g/mol. The van der Waals surface area contributed by atoms with Gasteiger partial charge in [0.25, 0.3) is 5.91 Å². The highest BCUT2D eigenvalue weighted by Crippen LogP contribution is 2.18. The first-order valence-corrected chi connectivity index (χ1v) is 9.82. The van der Waals surface area contributed by atoms with Crippen molar-refractivity contribution in [1.29, 1.82) is 0 Å². The number of benzene rings is 1. The lowest BCUT2D eigenvalue weighted by molar-refractivity contribution is -0.137. The van der Waals surface area contributed by atoms with Gasteiger partial charge < -0.3 is 15.0 Å². The molecule has 0 atom stereocenters. The molecule has 1 aromatic carbocycles. The Morgan fingerprint density at radius 2 is 1.88 bits per heavy atom. The summed E-state index contributed by atoms with van der Waals surface area (Å²) in [5.41, 5.74) is 0.0458. The second kappa shape index (κ2) is 8.17. The average Bonchev–Trinajstić information content (AvgIpc) is 3.34. The van der Waals surface area contributed by atoms with Crippen molar-refractivity contribution >= 4 is 33.5 Å². The fourth-order valence-corrected chi connectivity index (χ4v) is 2.65. The van der Waals surface area contributed by atoms with Crippen LogP contribution in [0, 0.1) is 0 Å². The van der Waals surface area contributed by atoms with Crippen LogP contribution < -0.4 is 10.0 Å². The zero-order chi connectivity index (χ0) is 19.3. The fraction of sp³-hybridized carbons (Fsp3) is 0.438. The molecule has 1 aromatic rings. The first-order valence-electron chi connectivity index (χ1n) is 7.93. The molecule has 2 rings (SSSR count). The quantitative estimate of drug-likeness (QED) is 0.607. The van der Waals surface area contributed by atoms with E-state index in [-0.39, 0.29) is 29.7 Å². The van der Waals surface area contributed by atoms with Crippen molar-refractivity contribution in [3.05, 3.63) is 29.8 Å². The van der Waals surface area contributed by atoms with Crippen LogP contribution in [-0.2, 0) is 24.3 Å². The van der Waals surface area contributed by atoms with E-state index in [1.807, 2.05) is 0 Å². The molecule has 2 N–H and O–H groups in total. The van der Waals surface area contributed by atoms with E-state index in [1.54, 1.807) is 12.1 Å². The number of rotatable bonds is 8. The molecule has 10 heteroatoms. The normalized spacial score (nSPS) is 13.6. The van der Waals surface area contributed by atoms with Crippen LogP contribution >= 0.6 is 0 Å². The zero-order valence-electron chi connectivity index (χ0n) is 14.5. The summed E-state index contributed by atoms with van der Waals surface area (Å²) in [5, 5.41) is 2.75. The number of nitrogens with one attached hydrogen (secondary N) is 2. The molecule has 2 amide bonds. The number of carbonyl (C=O) groups excluding carboxylic acids is 3. The molecule has 1 saturated carbocycles. The predicted molar refractivity (Wildman–Crippen MR) is 94.0 cm³/mol. The molecule has 0 unspecified atom stereocenters. The molecule has 1 aliphatic rings. The largest absolute Gasteiger partial charge is 0.452 e. The number of amides is 2. The highest BCUT2D eigenvalue weighted by Gasteiger charge is 2.24. The van der Waals surface area contributed by atoms with Crippen molar-refractivity contribution in [3.63, 3.8) is 0 Å². The lowest BCUT2D eigenvalue weighted by Crippen LogP contribution is -2.40. The standard InChI is InChI=1S/C16H21N3O6S/c1-19(9-14(20)17-11-7-8-11)15(21)10-25-16(22)12-5-3-4-6-13(12)18-26(2,23)24/h3-6,11,18H,7-10H2,1-2H3,(H,17,20). The second-order valence-electron chi connectivity index (χ2n) is 6.09. The third-order valence-corrected chi connectivity index (χ3v) is 4.11. The van der Waals surface area contributed by atoms with E-state index in [1.165, 1.54) is 19.2 Å². The van der Waals surface area contributed by atoms with E-state index >= 15 is 0 Å². The molecule has 0 aliphatic heterocycles. The molecular weight excluding hydrogens is 362 g/mol. The Bertz CT molecular complexity index is 804. The smallest absolute Gasteiger partial charge is 0.340 e. The Morgan fingerprint density at radius 1 is 1.23 bits per heavy atom. The van der Waals surface area contributed by atoms with Gasteiger partial charge in [0.05, 0.1) is 24.1 Å². The van der Waals surface area contributed by atoms with Gasteiger partial charge >= 0.3 is 5.97 Å². The van der Waals surface area contributed by atoms with Gasteiger partial charge in [-0.15, -0.1) is 0 Å². The van der Waals surface area contributed by atoms with Crippen molar-refractivity contribution in [3.8, 4) is 0 Å². The van der Waals surface area contributed by atoms with E-state index in [9.17, 15) is 22.8 Å². The minimum absolute atomic E-state index is 0.0140. The number of nitrogens with zero attached hydrogens (tertiary/aromatic N) is 1. The number of anilines is 1. The zero-order valence-corrected chi connectivity index (χ0v) is 15.3. The van der Waals surface area contributed by atoms with Crippen LogP contribution in [0.1, 0.15) is 23.2 Å². The van der Waals surface area contributed by atoms with E-state index in [4.69, 9.17) is 4.74 Å². The lowest BCUT2D eigenvalue weighted by Gasteiger charge is -2.17. The van der Waals surface area contributed by atoms with Gasteiger partial charge in [-0.3, -0.25) is 14.3 Å². The Morgan fingerprint density at radius 3 is 2.50 bits per heavy atom. The summed E-state index contributed by atoms with van der Waals surface area (Å²) >= 11 is 0. The molecule has 0 heterocycles. The van der Waals surface area contributed by atoms with Crippen molar-refractivity contribution in [2.75, 3.05) is 31.2 Å². The minimum Gasteiger partial charge on any atom is -0.452 e. The number of likely N-dealkylation sites (N-methyl/N-ethyl adjacent to an activating group) is 1. The fourth-order valence-electron chi connectivity index (χ4n) is 2.07. The van der Waals surface area contributed by atoms with Gasteiger partial charge in [0.1, 0.15) is 0 Å². The Kier molecular flexibility index (Phi) is 6.19. The molecular formula is C16H21N3O6S. The maximum absolute atomic E-state index is 12.1. The SMILES string of the molecule is CN(CC(=O)NC1CC1)C(=O)COC(=O)c1ccccc1NS(C)(=O)=O. The summed E-state index contributed by atoms with van der Waals surface area (Å²) < 4.78 is 29.9. The molecule has 0 aromatic heterocycles. The van der Waals surface area contributed by atoms with Crippen molar-refractivity contribution in [2.45, 2.75) is 18.9 Å². The number of hydrogen-bond acceptors (Lipinski definition) is 6. The first-order chi connectivity index (χ1) is 12.2. The van der Waals surface area contributed by atoms with Crippen LogP contribution in [0.2, 0.25) is 0 Å². The van der Waals surface area contributed by atoms with Crippen LogP contribution in [0.25, 0.3) is 0 Å². The minimum atomic E-state index is -3.57. The highest BCUT2D eigenvalue weighted by molar-refractivity contribution is 7.92. The van der Waals surface area contributed by atoms with Gasteiger partial charge in [0, 0.05) is 13.1 Å². The summed E-state index contributed by atoms with van der Waals surface area (Å²) in [6.45, 7) is -0.682. The number of esters is 1. The number of ether oxygens (including phenoxy) is 1. The first kappa shape index (κ1) is 19.7. The van der Waals surface area contributed by atoms with E-state index in [0.717, 1.165) is 24.0 Å². The summed E-state index contributed by atoms with van der Waals surface area (Å²) in [7, 11) is -2.14. The maximum Gasteiger partial charge on any atom is 0.340 e. The third-order valence-electron chi connectivity index (χ3n) is 3.52. The lowest BCUT2D eigenvalue weighted by atomic mass is 10.2. The number of carbonyl (C=O) groups is 3. The monoisotopic (exact) mass is 383 g/mol.